The second-order valence-electron chi connectivity index (χ2n) is 13.0. The number of fused-ring (bicyclic) bond motifs is 6. The highest BCUT2D eigenvalue weighted by molar-refractivity contribution is 5.72. The fourth-order valence-electron chi connectivity index (χ4n) is 9.75. The SMILES string of the molecule is C[C@H](CCc1nc2ccccc2o1)[C@H]1CC[C@H]2[C@@H]3[C@H](O)C[C@@H]4C[C@H](O)CC[C@]4(C)[C@H]3CC[C@]12C. The number of hydrogen-bond acceptors (Lipinski definition) is 4. The highest BCUT2D eigenvalue weighted by Gasteiger charge is 2.62. The van der Waals surface area contributed by atoms with E-state index < -0.39 is 0 Å². The van der Waals surface area contributed by atoms with Gasteiger partial charge in [-0.2, -0.15) is 0 Å². The lowest BCUT2D eigenvalue weighted by atomic mass is 9.43. The lowest BCUT2D eigenvalue weighted by Gasteiger charge is -2.62. The number of aliphatic hydroxyl groups is 2. The largest absolute Gasteiger partial charge is 0.441 e. The molecule has 1 aromatic carbocycles. The van der Waals surface area contributed by atoms with E-state index in [9.17, 15) is 10.2 Å². The molecule has 4 saturated carbocycles. The third-order valence-electron chi connectivity index (χ3n) is 11.6. The first kappa shape index (κ1) is 23.0. The monoisotopic (exact) mass is 465 g/mol. The van der Waals surface area contributed by atoms with Crippen molar-refractivity contribution in [3.63, 3.8) is 0 Å². The summed E-state index contributed by atoms with van der Waals surface area (Å²) >= 11 is 0. The molecule has 2 N–H and O–H groups in total. The molecule has 10 atom stereocenters. The summed E-state index contributed by atoms with van der Waals surface area (Å²) in [7, 11) is 0. The van der Waals surface area contributed by atoms with E-state index in [1.165, 1.54) is 25.7 Å². The molecule has 186 valence electrons. The molecule has 2 aromatic rings. The molecule has 4 aliphatic carbocycles. The van der Waals surface area contributed by atoms with Crippen LogP contribution >= 0.6 is 0 Å². The Bertz CT molecular complexity index is 1000. The minimum Gasteiger partial charge on any atom is -0.441 e. The Morgan fingerprint density at radius 3 is 2.59 bits per heavy atom. The minimum atomic E-state index is -0.188. The van der Waals surface area contributed by atoms with E-state index in [1.807, 2.05) is 24.3 Å². The summed E-state index contributed by atoms with van der Waals surface area (Å²) in [4.78, 5) is 4.71. The Balaban J connectivity index is 1.18. The molecule has 0 bridgehead atoms. The number of benzene rings is 1. The predicted molar refractivity (Wildman–Crippen MR) is 134 cm³/mol. The van der Waals surface area contributed by atoms with Gasteiger partial charge in [-0.1, -0.05) is 32.9 Å². The number of aliphatic hydroxyl groups excluding tert-OH is 2. The maximum Gasteiger partial charge on any atom is 0.195 e. The maximum atomic E-state index is 11.4. The number of aryl methyl sites for hydroxylation is 1. The summed E-state index contributed by atoms with van der Waals surface area (Å²) in [5.41, 5.74) is 2.50. The zero-order chi connectivity index (χ0) is 23.7. The van der Waals surface area contributed by atoms with E-state index in [0.29, 0.717) is 46.3 Å². The van der Waals surface area contributed by atoms with Crippen molar-refractivity contribution in [1.82, 2.24) is 4.98 Å². The number of aromatic nitrogens is 1. The fraction of sp³-hybridized carbons (Fsp3) is 0.767. The standard InChI is InChI=1S/C30H43NO3/c1-18(8-11-27-31-24-6-4-5-7-26(24)34-27)21-9-10-22-28-23(13-15-30(21,22)3)29(2)14-12-20(32)16-19(29)17-25(28)33/h4-7,18-23,25,28,32-33H,8-17H2,1-3H3/t18-,19+,20-,21-,22+,23+,25-,28+,29+,30-/m1/s1. The smallest absolute Gasteiger partial charge is 0.195 e. The summed E-state index contributed by atoms with van der Waals surface area (Å²) in [5, 5.41) is 21.8. The molecule has 0 amide bonds. The topological polar surface area (TPSA) is 66.5 Å². The number of hydrogen-bond donors (Lipinski definition) is 2. The minimum absolute atomic E-state index is 0.159. The fourth-order valence-corrected chi connectivity index (χ4v) is 9.75. The lowest BCUT2D eigenvalue weighted by Crippen LogP contribution is -2.58. The molecule has 0 radical (unpaired) electrons. The Morgan fingerprint density at radius 2 is 1.76 bits per heavy atom. The van der Waals surface area contributed by atoms with Crippen LogP contribution in [0.2, 0.25) is 0 Å². The van der Waals surface area contributed by atoms with Gasteiger partial charge in [-0.25, -0.2) is 4.98 Å². The van der Waals surface area contributed by atoms with Gasteiger partial charge in [0.05, 0.1) is 12.2 Å². The van der Waals surface area contributed by atoms with Gasteiger partial charge in [-0.15, -0.1) is 0 Å². The Hall–Kier alpha value is -1.39. The number of rotatable bonds is 4. The molecule has 1 heterocycles. The second kappa shape index (κ2) is 8.34. The van der Waals surface area contributed by atoms with Gasteiger partial charge in [0.15, 0.2) is 11.5 Å². The second-order valence-corrected chi connectivity index (χ2v) is 13.0. The number of nitrogens with zero attached hydrogens (tertiary/aromatic N) is 1. The Labute approximate surface area is 204 Å². The van der Waals surface area contributed by atoms with Crippen LogP contribution < -0.4 is 0 Å². The summed E-state index contributed by atoms with van der Waals surface area (Å²) in [5.74, 6) is 4.43. The molecule has 0 spiro atoms. The molecule has 1 aromatic heterocycles. The van der Waals surface area contributed by atoms with Gasteiger partial charge in [0.1, 0.15) is 5.52 Å². The molecule has 6 rings (SSSR count). The molecule has 0 aliphatic heterocycles. The number of para-hydroxylation sites is 2. The third kappa shape index (κ3) is 3.50. The van der Waals surface area contributed by atoms with Crippen LogP contribution in [0.1, 0.15) is 84.4 Å². The molecule has 4 aliphatic rings. The van der Waals surface area contributed by atoms with Crippen LogP contribution in [0.25, 0.3) is 11.1 Å². The third-order valence-corrected chi connectivity index (χ3v) is 11.6. The van der Waals surface area contributed by atoms with Gasteiger partial charge in [-0.3, -0.25) is 0 Å². The van der Waals surface area contributed by atoms with E-state index in [1.54, 1.807) is 0 Å². The average Bonchev–Trinajstić information content (AvgIpc) is 3.39. The molecular formula is C30H43NO3. The molecule has 0 unspecified atom stereocenters. The van der Waals surface area contributed by atoms with Crippen molar-refractivity contribution in [2.24, 2.45) is 46.3 Å². The number of oxazole rings is 1. The zero-order valence-corrected chi connectivity index (χ0v) is 21.2. The first-order chi connectivity index (χ1) is 16.3. The quantitative estimate of drug-likeness (QED) is 0.549. The molecule has 0 saturated heterocycles. The Morgan fingerprint density at radius 1 is 1.00 bits per heavy atom. The van der Waals surface area contributed by atoms with Crippen molar-refractivity contribution in [1.29, 1.82) is 0 Å². The molecule has 4 heteroatoms. The van der Waals surface area contributed by atoms with Crippen molar-refractivity contribution in [3.8, 4) is 0 Å². The summed E-state index contributed by atoms with van der Waals surface area (Å²) in [6, 6.07) is 8.06. The van der Waals surface area contributed by atoms with Crippen molar-refractivity contribution in [2.45, 2.75) is 97.2 Å². The van der Waals surface area contributed by atoms with Crippen LogP contribution in [-0.2, 0) is 6.42 Å². The van der Waals surface area contributed by atoms with E-state index in [-0.39, 0.29) is 12.2 Å². The van der Waals surface area contributed by atoms with E-state index in [0.717, 1.165) is 55.5 Å². The van der Waals surface area contributed by atoms with Gasteiger partial charge in [0, 0.05) is 6.42 Å². The van der Waals surface area contributed by atoms with E-state index in [2.05, 4.69) is 20.8 Å². The van der Waals surface area contributed by atoms with Crippen molar-refractivity contribution in [2.75, 3.05) is 0 Å². The van der Waals surface area contributed by atoms with Gasteiger partial charge in [0.2, 0.25) is 0 Å². The zero-order valence-electron chi connectivity index (χ0n) is 21.2. The van der Waals surface area contributed by atoms with Crippen LogP contribution in [0.5, 0.6) is 0 Å². The molecule has 4 fully saturated rings. The highest BCUT2D eigenvalue weighted by Crippen LogP contribution is 2.68. The van der Waals surface area contributed by atoms with Gasteiger partial charge in [-0.05, 0) is 116 Å². The maximum absolute atomic E-state index is 11.4. The van der Waals surface area contributed by atoms with Gasteiger partial charge >= 0.3 is 0 Å². The molecular weight excluding hydrogens is 422 g/mol. The summed E-state index contributed by atoms with van der Waals surface area (Å²) in [6.45, 7) is 7.52. The van der Waals surface area contributed by atoms with E-state index >= 15 is 0 Å². The predicted octanol–water partition coefficient (Wildman–Crippen LogP) is 6.39. The van der Waals surface area contributed by atoms with Crippen LogP contribution in [0.15, 0.2) is 28.7 Å². The van der Waals surface area contributed by atoms with E-state index in [4.69, 9.17) is 9.40 Å². The van der Waals surface area contributed by atoms with Crippen molar-refractivity contribution in [3.05, 3.63) is 30.2 Å². The lowest BCUT2D eigenvalue weighted by molar-refractivity contribution is -0.174. The summed E-state index contributed by atoms with van der Waals surface area (Å²) < 4.78 is 6.00. The van der Waals surface area contributed by atoms with Crippen LogP contribution in [-0.4, -0.2) is 27.4 Å². The molecule has 34 heavy (non-hydrogen) atoms. The van der Waals surface area contributed by atoms with Crippen molar-refractivity contribution >= 4 is 11.1 Å². The first-order valence-electron chi connectivity index (χ1n) is 14.0. The van der Waals surface area contributed by atoms with Crippen LogP contribution in [0.3, 0.4) is 0 Å². The Kier molecular flexibility index (Phi) is 5.65. The van der Waals surface area contributed by atoms with Crippen LogP contribution in [0.4, 0.5) is 0 Å². The molecule has 4 nitrogen and oxygen atoms in total. The highest BCUT2D eigenvalue weighted by atomic mass is 16.3. The van der Waals surface area contributed by atoms with Gasteiger partial charge in [0.25, 0.3) is 0 Å². The van der Waals surface area contributed by atoms with Crippen molar-refractivity contribution < 1.29 is 14.6 Å². The average molecular weight is 466 g/mol. The van der Waals surface area contributed by atoms with Gasteiger partial charge < -0.3 is 14.6 Å². The first-order valence-corrected chi connectivity index (χ1v) is 14.0. The summed E-state index contributed by atoms with van der Waals surface area (Å²) in [6.07, 6.45) is 10.7. The normalized spacial score (nSPS) is 44.9. The van der Waals surface area contributed by atoms with Crippen LogP contribution in [0, 0.1) is 46.3 Å².